The predicted molar refractivity (Wildman–Crippen MR) is 68.3 cm³/mol. The normalized spacial score (nSPS) is 20.7. The van der Waals surface area contributed by atoms with Crippen molar-refractivity contribution < 1.29 is 0 Å². The third-order valence-corrected chi connectivity index (χ3v) is 3.11. The van der Waals surface area contributed by atoms with Crippen LogP contribution in [0.15, 0.2) is 17.2 Å². The van der Waals surface area contributed by atoms with Crippen LogP contribution in [0.3, 0.4) is 0 Å². The molecule has 0 amide bonds. The molecule has 5 heteroatoms. The van der Waals surface area contributed by atoms with Gasteiger partial charge in [-0.1, -0.05) is 6.92 Å². The third-order valence-electron chi connectivity index (χ3n) is 3.11. The number of hydrogen-bond acceptors (Lipinski definition) is 4. The van der Waals surface area contributed by atoms with Gasteiger partial charge in [-0.2, -0.15) is 0 Å². The summed E-state index contributed by atoms with van der Waals surface area (Å²) < 4.78 is 1.72. The molecule has 0 aromatic carbocycles. The van der Waals surface area contributed by atoms with Gasteiger partial charge in [0.15, 0.2) is 5.82 Å². The predicted octanol–water partition coefficient (Wildman–Crippen LogP) is 0.769. The molecule has 94 valence electrons. The van der Waals surface area contributed by atoms with Gasteiger partial charge in [-0.3, -0.25) is 4.79 Å². The Labute approximate surface area is 101 Å². The third kappa shape index (κ3) is 2.85. The second-order valence-electron chi connectivity index (χ2n) is 4.67. The lowest BCUT2D eigenvalue weighted by Gasteiger charge is -2.13. The van der Waals surface area contributed by atoms with E-state index in [0.717, 1.165) is 32.5 Å². The zero-order valence-corrected chi connectivity index (χ0v) is 10.5. The summed E-state index contributed by atoms with van der Waals surface area (Å²) in [6, 6.07) is 0.345. The Kier molecular flexibility index (Phi) is 3.78. The van der Waals surface area contributed by atoms with Crippen LogP contribution < -0.4 is 10.9 Å². The lowest BCUT2D eigenvalue weighted by molar-refractivity contribution is 0.414. The van der Waals surface area contributed by atoms with Gasteiger partial charge < -0.3 is 14.8 Å². The molecule has 2 heterocycles. The maximum atomic E-state index is 12.1. The van der Waals surface area contributed by atoms with Crippen LogP contribution in [0, 0.1) is 0 Å². The van der Waals surface area contributed by atoms with Crippen LogP contribution >= 0.6 is 0 Å². The first kappa shape index (κ1) is 12.1. The van der Waals surface area contributed by atoms with Gasteiger partial charge in [0.2, 0.25) is 0 Å². The maximum Gasteiger partial charge on any atom is 0.293 e. The van der Waals surface area contributed by atoms with Crippen LogP contribution in [-0.4, -0.2) is 40.6 Å². The highest BCUT2D eigenvalue weighted by Gasteiger charge is 2.20. The molecule has 1 atom stereocenters. The summed E-state index contributed by atoms with van der Waals surface area (Å²) in [7, 11) is 2.09. The largest absolute Gasteiger partial charge is 0.361 e. The van der Waals surface area contributed by atoms with Crippen molar-refractivity contribution in [2.24, 2.45) is 0 Å². The fourth-order valence-corrected chi connectivity index (χ4v) is 2.21. The quantitative estimate of drug-likeness (QED) is 0.839. The van der Waals surface area contributed by atoms with Crippen LogP contribution in [0.25, 0.3) is 0 Å². The van der Waals surface area contributed by atoms with E-state index >= 15 is 0 Å². The van der Waals surface area contributed by atoms with Crippen molar-refractivity contribution in [1.29, 1.82) is 0 Å². The molecule has 0 bridgehead atoms. The molecule has 1 aromatic rings. The minimum atomic E-state index is -0.0103. The minimum Gasteiger partial charge on any atom is -0.361 e. The molecule has 1 fully saturated rings. The van der Waals surface area contributed by atoms with Gasteiger partial charge in [0, 0.05) is 31.5 Å². The van der Waals surface area contributed by atoms with Gasteiger partial charge in [-0.05, 0) is 26.4 Å². The summed E-state index contributed by atoms with van der Waals surface area (Å²) in [5, 5.41) is 3.25. The Morgan fingerprint density at radius 1 is 1.59 bits per heavy atom. The summed E-state index contributed by atoms with van der Waals surface area (Å²) in [5.41, 5.74) is -0.0103. The van der Waals surface area contributed by atoms with Crippen LogP contribution in [-0.2, 0) is 6.54 Å². The van der Waals surface area contributed by atoms with E-state index in [1.165, 1.54) is 0 Å². The van der Waals surface area contributed by atoms with Crippen molar-refractivity contribution in [3.8, 4) is 0 Å². The number of likely N-dealkylation sites (tertiary alicyclic amines) is 1. The zero-order valence-electron chi connectivity index (χ0n) is 10.5. The first-order valence-corrected chi connectivity index (χ1v) is 6.21. The number of aromatic nitrogens is 2. The zero-order chi connectivity index (χ0) is 12.3. The average molecular weight is 236 g/mol. The Morgan fingerprint density at radius 2 is 2.41 bits per heavy atom. The van der Waals surface area contributed by atoms with Crippen LogP contribution in [0.2, 0.25) is 0 Å². The van der Waals surface area contributed by atoms with E-state index in [9.17, 15) is 4.79 Å². The molecule has 1 unspecified atom stereocenters. The van der Waals surface area contributed by atoms with Crippen LogP contribution in [0.1, 0.15) is 19.8 Å². The number of nitrogens with zero attached hydrogens (tertiary/aromatic N) is 3. The molecule has 1 aromatic heterocycles. The van der Waals surface area contributed by atoms with E-state index in [-0.39, 0.29) is 5.56 Å². The van der Waals surface area contributed by atoms with E-state index in [1.54, 1.807) is 17.0 Å². The first-order chi connectivity index (χ1) is 8.20. The Bertz CT molecular complexity index is 429. The van der Waals surface area contributed by atoms with Gasteiger partial charge in [-0.15, -0.1) is 0 Å². The van der Waals surface area contributed by atoms with Crippen molar-refractivity contribution in [3.05, 3.63) is 22.7 Å². The maximum absolute atomic E-state index is 12.1. The molecule has 5 nitrogen and oxygen atoms in total. The number of rotatable bonds is 4. The summed E-state index contributed by atoms with van der Waals surface area (Å²) in [6.07, 6.45) is 5.46. The SMILES string of the molecule is CCCn1ccnc(NC2CCN(C)C2)c1=O. The number of anilines is 1. The second kappa shape index (κ2) is 5.31. The van der Waals surface area contributed by atoms with Crippen molar-refractivity contribution in [2.75, 3.05) is 25.5 Å². The molecule has 2 rings (SSSR count). The van der Waals surface area contributed by atoms with E-state index in [0.29, 0.717) is 11.9 Å². The van der Waals surface area contributed by atoms with E-state index in [2.05, 4.69) is 29.2 Å². The van der Waals surface area contributed by atoms with E-state index in [1.807, 2.05) is 0 Å². The molecule has 0 radical (unpaired) electrons. The highest BCUT2D eigenvalue weighted by molar-refractivity contribution is 5.32. The van der Waals surface area contributed by atoms with Crippen molar-refractivity contribution >= 4 is 5.82 Å². The number of hydrogen-bond donors (Lipinski definition) is 1. The summed E-state index contributed by atoms with van der Waals surface area (Å²) in [4.78, 5) is 18.5. The van der Waals surface area contributed by atoms with Gasteiger partial charge in [-0.25, -0.2) is 4.98 Å². The molecular formula is C12H20N4O. The number of nitrogens with one attached hydrogen (secondary N) is 1. The van der Waals surface area contributed by atoms with Gasteiger partial charge in [0.25, 0.3) is 5.56 Å². The number of likely N-dealkylation sites (N-methyl/N-ethyl adjacent to an activating group) is 1. The highest BCUT2D eigenvalue weighted by atomic mass is 16.1. The summed E-state index contributed by atoms with van der Waals surface area (Å²) in [5.74, 6) is 0.487. The molecule has 17 heavy (non-hydrogen) atoms. The molecule has 1 saturated heterocycles. The standard InChI is InChI=1S/C12H20N4O/c1-3-6-16-8-5-13-11(12(16)17)14-10-4-7-15(2)9-10/h5,8,10H,3-4,6-7,9H2,1-2H3,(H,13,14). The molecule has 1 aliphatic heterocycles. The highest BCUT2D eigenvalue weighted by Crippen LogP contribution is 2.10. The summed E-state index contributed by atoms with van der Waals surface area (Å²) in [6.45, 7) is 4.87. The second-order valence-corrected chi connectivity index (χ2v) is 4.67. The monoisotopic (exact) mass is 236 g/mol. The van der Waals surface area contributed by atoms with E-state index < -0.39 is 0 Å². The van der Waals surface area contributed by atoms with Crippen molar-refractivity contribution in [1.82, 2.24) is 14.5 Å². The Hall–Kier alpha value is -1.36. The Balaban J connectivity index is 2.10. The smallest absolute Gasteiger partial charge is 0.293 e. The lowest BCUT2D eigenvalue weighted by Crippen LogP contribution is -2.30. The topological polar surface area (TPSA) is 50.2 Å². The molecule has 0 spiro atoms. The van der Waals surface area contributed by atoms with Crippen molar-refractivity contribution in [3.63, 3.8) is 0 Å². The minimum absolute atomic E-state index is 0.0103. The van der Waals surface area contributed by atoms with Gasteiger partial charge >= 0.3 is 0 Å². The molecule has 0 aliphatic carbocycles. The van der Waals surface area contributed by atoms with E-state index in [4.69, 9.17) is 0 Å². The first-order valence-electron chi connectivity index (χ1n) is 6.21. The molecule has 1 aliphatic rings. The molecule has 1 N–H and O–H groups in total. The van der Waals surface area contributed by atoms with Gasteiger partial charge in [0.1, 0.15) is 0 Å². The Morgan fingerprint density at radius 3 is 3.06 bits per heavy atom. The van der Waals surface area contributed by atoms with Crippen LogP contribution in [0.4, 0.5) is 5.82 Å². The fraction of sp³-hybridized carbons (Fsp3) is 0.667. The molecular weight excluding hydrogens is 216 g/mol. The van der Waals surface area contributed by atoms with Gasteiger partial charge in [0.05, 0.1) is 0 Å². The summed E-state index contributed by atoms with van der Waals surface area (Å²) >= 11 is 0. The van der Waals surface area contributed by atoms with Crippen LogP contribution in [0.5, 0.6) is 0 Å². The van der Waals surface area contributed by atoms with Crippen molar-refractivity contribution in [2.45, 2.75) is 32.4 Å². The number of aryl methyl sites for hydroxylation is 1. The lowest BCUT2D eigenvalue weighted by atomic mass is 10.2. The molecule has 0 saturated carbocycles. The fourth-order valence-electron chi connectivity index (χ4n) is 2.21. The average Bonchev–Trinajstić information content (AvgIpc) is 2.70.